The molecule has 0 fully saturated rings. The molecule has 3 aromatic rings. The molecule has 2 aromatic carbocycles. The standard InChI is InChI=1S/C22H26N4/c1-17(2)12-26-22(23-16-24-26)15-25-13-19-10-6-7-11-20(19)21(14-25)18-8-4-3-5-9-18/h3-11,16-17,21H,12-15H2,1-2H3/t21-/m1/s1. The average Bonchev–Trinajstić information content (AvgIpc) is 3.08. The number of hydrogen-bond donors (Lipinski definition) is 0. The van der Waals surface area contributed by atoms with E-state index in [0.717, 1.165) is 32.0 Å². The summed E-state index contributed by atoms with van der Waals surface area (Å²) >= 11 is 0. The van der Waals surface area contributed by atoms with Crippen LogP contribution in [0.25, 0.3) is 0 Å². The Bertz CT molecular complexity index is 853. The van der Waals surface area contributed by atoms with Gasteiger partial charge in [0.15, 0.2) is 0 Å². The third-order valence-electron chi connectivity index (χ3n) is 5.07. The summed E-state index contributed by atoms with van der Waals surface area (Å²) in [6.45, 7) is 8.16. The minimum atomic E-state index is 0.405. The molecular formula is C22H26N4. The van der Waals surface area contributed by atoms with Gasteiger partial charge in [0.1, 0.15) is 12.2 Å². The highest BCUT2D eigenvalue weighted by atomic mass is 15.3. The summed E-state index contributed by atoms with van der Waals surface area (Å²) in [5.41, 5.74) is 4.26. The third-order valence-corrected chi connectivity index (χ3v) is 5.07. The van der Waals surface area contributed by atoms with Gasteiger partial charge in [-0.3, -0.25) is 4.90 Å². The lowest BCUT2D eigenvalue weighted by Gasteiger charge is -2.34. The van der Waals surface area contributed by atoms with Gasteiger partial charge in [-0.25, -0.2) is 9.67 Å². The molecule has 0 unspecified atom stereocenters. The molecule has 1 aliphatic heterocycles. The van der Waals surface area contributed by atoms with Crippen LogP contribution in [-0.4, -0.2) is 26.2 Å². The van der Waals surface area contributed by atoms with Crippen molar-refractivity contribution in [3.63, 3.8) is 0 Å². The molecule has 0 N–H and O–H groups in total. The van der Waals surface area contributed by atoms with E-state index in [1.807, 2.05) is 0 Å². The maximum atomic E-state index is 4.53. The smallest absolute Gasteiger partial charge is 0.141 e. The number of fused-ring (bicyclic) bond motifs is 1. The number of rotatable bonds is 5. The van der Waals surface area contributed by atoms with Crippen molar-refractivity contribution in [1.29, 1.82) is 0 Å². The largest absolute Gasteiger partial charge is 0.291 e. The molecule has 1 aliphatic rings. The van der Waals surface area contributed by atoms with Gasteiger partial charge in [0.2, 0.25) is 0 Å². The van der Waals surface area contributed by atoms with Crippen LogP contribution in [0.3, 0.4) is 0 Å². The Labute approximate surface area is 155 Å². The fourth-order valence-electron chi connectivity index (χ4n) is 3.88. The Morgan fingerprint density at radius 2 is 1.81 bits per heavy atom. The van der Waals surface area contributed by atoms with E-state index in [4.69, 9.17) is 0 Å². The summed E-state index contributed by atoms with van der Waals surface area (Å²) in [4.78, 5) is 7.03. The number of nitrogens with zero attached hydrogens (tertiary/aromatic N) is 4. The zero-order valence-corrected chi connectivity index (χ0v) is 15.5. The second kappa shape index (κ2) is 7.42. The summed E-state index contributed by atoms with van der Waals surface area (Å²) < 4.78 is 2.06. The molecule has 2 heterocycles. The van der Waals surface area contributed by atoms with Crippen molar-refractivity contribution in [3.8, 4) is 0 Å². The van der Waals surface area contributed by atoms with Crippen molar-refractivity contribution < 1.29 is 0 Å². The molecule has 26 heavy (non-hydrogen) atoms. The Morgan fingerprint density at radius 1 is 1.04 bits per heavy atom. The number of hydrogen-bond acceptors (Lipinski definition) is 3. The second-order valence-electron chi connectivity index (χ2n) is 7.58. The van der Waals surface area contributed by atoms with Crippen LogP contribution in [0.4, 0.5) is 0 Å². The van der Waals surface area contributed by atoms with Crippen LogP contribution >= 0.6 is 0 Å². The van der Waals surface area contributed by atoms with Crippen LogP contribution in [-0.2, 0) is 19.6 Å². The molecule has 0 bridgehead atoms. The monoisotopic (exact) mass is 346 g/mol. The van der Waals surface area contributed by atoms with Crippen LogP contribution in [0.5, 0.6) is 0 Å². The van der Waals surface area contributed by atoms with Crippen molar-refractivity contribution in [2.45, 2.75) is 39.4 Å². The molecular weight excluding hydrogens is 320 g/mol. The number of benzene rings is 2. The van der Waals surface area contributed by atoms with Crippen LogP contribution in [0.15, 0.2) is 60.9 Å². The van der Waals surface area contributed by atoms with Crippen molar-refractivity contribution in [2.75, 3.05) is 6.54 Å². The molecule has 4 rings (SSSR count). The highest BCUT2D eigenvalue weighted by Crippen LogP contribution is 2.33. The molecule has 0 saturated heterocycles. The summed E-state index contributed by atoms with van der Waals surface area (Å²) in [6, 6.07) is 19.7. The van der Waals surface area contributed by atoms with E-state index in [1.165, 1.54) is 16.7 Å². The Hall–Kier alpha value is -2.46. The first kappa shape index (κ1) is 17.0. The van der Waals surface area contributed by atoms with Crippen LogP contribution < -0.4 is 0 Å². The van der Waals surface area contributed by atoms with Crippen LogP contribution in [0, 0.1) is 5.92 Å². The molecule has 0 amide bonds. The first-order chi connectivity index (χ1) is 12.7. The molecule has 134 valence electrons. The molecule has 0 spiro atoms. The Kier molecular flexibility index (Phi) is 4.85. The molecule has 4 heteroatoms. The molecule has 0 saturated carbocycles. The van der Waals surface area contributed by atoms with E-state index < -0.39 is 0 Å². The minimum absolute atomic E-state index is 0.405. The van der Waals surface area contributed by atoms with E-state index in [0.29, 0.717) is 11.8 Å². The Morgan fingerprint density at radius 3 is 2.62 bits per heavy atom. The normalized spacial score (nSPS) is 17.4. The van der Waals surface area contributed by atoms with Gasteiger partial charge in [-0.15, -0.1) is 0 Å². The van der Waals surface area contributed by atoms with Gasteiger partial charge in [-0.1, -0.05) is 68.4 Å². The summed E-state index contributed by atoms with van der Waals surface area (Å²) in [5, 5.41) is 4.42. The van der Waals surface area contributed by atoms with Crippen molar-refractivity contribution >= 4 is 0 Å². The highest BCUT2D eigenvalue weighted by Gasteiger charge is 2.27. The summed E-state index contributed by atoms with van der Waals surface area (Å²) in [7, 11) is 0. The van der Waals surface area contributed by atoms with E-state index in [1.54, 1.807) is 6.33 Å². The maximum Gasteiger partial charge on any atom is 0.141 e. The first-order valence-corrected chi connectivity index (χ1v) is 9.42. The minimum Gasteiger partial charge on any atom is -0.291 e. The molecule has 4 nitrogen and oxygen atoms in total. The molecule has 0 radical (unpaired) electrons. The SMILES string of the molecule is CC(C)Cn1ncnc1CN1Cc2ccccc2[C@@H](c2ccccc2)C1. The molecule has 1 atom stereocenters. The van der Waals surface area contributed by atoms with Gasteiger partial charge in [-0.05, 0) is 22.6 Å². The quantitative estimate of drug-likeness (QED) is 0.698. The fraction of sp³-hybridized carbons (Fsp3) is 0.364. The van der Waals surface area contributed by atoms with Gasteiger partial charge in [0.05, 0.1) is 6.54 Å². The molecule has 1 aromatic heterocycles. The van der Waals surface area contributed by atoms with Crippen molar-refractivity contribution in [3.05, 3.63) is 83.4 Å². The first-order valence-electron chi connectivity index (χ1n) is 9.42. The predicted molar refractivity (Wildman–Crippen MR) is 104 cm³/mol. The van der Waals surface area contributed by atoms with Gasteiger partial charge in [-0.2, -0.15) is 5.10 Å². The number of aromatic nitrogens is 3. The van der Waals surface area contributed by atoms with E-state index in [-0.39, 0.29) is 0 Å². The van der Waals surface area contributed by atoms with Crippen molar-refractivity contribution in [1.82, 2.24) is 19.7 Å². The maximum absolute atomic E-state index is 4.53. The third kappa shape index (κ3) is 3.56. The fourth-order valence-corrected chi connectivity index (χ4v) is 3.88. The van der Waals surface area contributed by atoms with E-state index >= 15 is 0 Å². The van der Waals surface area contributed by atoms with Gasteiger partial charge < -0.3 is 0 Å². The van der Waals surface area contributed by atoms with Gasteiger partial charge >= 0.3 is 0 Å². The van der Waals surface area contributed by atoms with Gasteiger partial charge in [0.25, 0.3) is 0 Å². The highest BCUT2D eigenvalue weighted by molar-refractivity contribution is 5.40. The van der Waals surface area contributed by atoms with Crippen molar-refractivity contribution in [2.24, 2.45) is 5.92 Å². The van der Waals surface area contributed by atoms with Gasteiger partial charge in [0, 0.05) is 25.6 Å². The van der Waals surface area contributed by atoms with E-state index in [2.05, 4.69) is 88.1 Å². The lowest BCUT2D eigenvalue weighted by atomic mass is 9.84. The lowest BCUT2D eigenvalue weighted by Crippen LogP contribution is -2.34. The zero-order valence-electron chi connectivity index (χ0n) is 15.5. The van der Waals surface area contributed by atoms with E-state index in [9.17, 15) is 0 Å². The Balaban J connectivity index is 1.61. The second-order valence-corrected chi connectivity index (χ2v) is 7.58. The summed E-state index contributed by atoms with van der Waals surface area (Å²) in [6.07, 6.45) is 1.68. The van der Waals surface area contributed by atoms with Crippen LogP contribution in [0.1, 0.15) is 42.3 Å². The average molecular weight is 346 g/mol. The van der Waals surface area contributed by atoms with Crippen LogP contribution in [0.2, 0.25) is 0 Å². The zero-order chi connectivity index (χ0) is 17.9. The summed E-state index contributed by atoms with van der Waals surface area (Å²) in [5.74, 6) is 2.03. The molecule has 0 aliphatic carbocycles. The lowest BCUT2D eigenvalue weighted by molar-refractivity contribution is 0.220. The topological polar surface area (TPSA) is 34.0 Å². The predicted octanol–water partition coefficient (Wildman–Crippen LogP) is 4.08.